The number of hydrogen-bond donors (Lipinski definition) is 2. The lowest BCUT2D eigenvalue weighted by Gasteiger charge is -2.24. The molecule has 164 valence electrons. The molecule has 0 radical (unpaired) electrons. The second-order valence-electron chi connectivity index (χ2n) is 8.18. The Morgan fingerprint density at radius 1 is 1.19 bits per heavy atom. The van der Waals surface area contributed by atoms with Crippen LogP contribution < -0.4 is 10.1 Å². The SMILES string of the molecule is CC(C)Oc1ccc(CN[C@H]2CCCc3c2cnn3-c2cc(F)cc(F)c2)cc1CO. The zero-order chi connectivity index (χ0) is 22.0. The van der Waals surface area contributed by atoms with Gasteiger partial charge >= 0.3 is 0 Å². The minimum Gasteiger partial charge on any atom is -0.491 e. The van der Waals surface area contributed by atoms with E-state index in [1.165, 1.54) is 12.1 Å². The molecule has 4 rings (SSSR count). The lowest BCUT2D eigenvalue weighted by Crippen LogP contribution is -2.25. The van der Waals surface area contributed by atoms with Gasteiger partial charge in [-0.2, -0.15) is 5.10 Å². The smallest absolute Gasteiger partial charge is 0.128 e. The van der Waals surface area contributed by atoms with Crippen molar-refractivity contribution in [1.29, 1.82) is 0 Å². The quantitative estimate of drug-likeness (QED) is 0.579. The number of aromatic nitrogens is 2. The molecule has 0 amide bonds. The number of fused-ring (bicyclic) bond motifs is 1. The molecule has 0 unspecified atom stereocenters. The molecule has 0 saturated heterocycles. The van der Waals surface area contributed by atoms with E-state index < -0.39 is 11.6 Å². The van der Waals surface area contributed by atoms with Gasteiger partial charge in [0.2, 0.25) is 0 Å². The molecule has 7 heteroatoms. The van der Waals surface area contributed by atoms with Gasteiger partial charge in [-0.25, -0.2) is 13.5 Å². The molecule has 31 heavy (non-hydrogen) atoms. The van der Waals surface area contributed by atoms with Crippen LogP contribution in [0.2, 0.25) is 0 Å². The van der Waals surface area contributed by atoms with E-state index >= 15 is 0 Å². The van der Waals surface area contributed by atoms with Crippen LogP contribution in [-0.4, -0.2) is 21.0 Å². The maximum Gasteiger partial charge on any atom is 0.128 e. The molecule has 5 nitrogen and oxygen atoms in total. The summed E-state index contributed by atoms with van der Waals surface area (Å²) in [5, 5.41) is 17.7. The van der Waals surface area contributed by atoms with Gasteiger partial charge in [0.15, 0.2) is 0 Å². The first-order valence-corrected chi connectivity index (χ1v) is 10.6. The molecule has 1 atom stereocenters. The van der Waals surface area contributed by atoms with Crippen molar-refractivity contribution in [1.82, 2.24) is 15.1 Å². The van der Waals surface area contributed by atoms with Gasteiger partial charge in [0.25, 0.3) is 0 Å². The number of nitrogens with one attached hydrogen (secondary N) is 1. The van der Waals surface area contributed by atoms with Crippen LogP contribution in [-0.2, 0) is 19.6 Å². The van der Waals surface area contributed by atoms with E-state index in [4.69, 9.17) is 4.74 Å². The van der Waals surface area contributed by atoms with Crippen molar-refractivity contribution in [2.45, 2.75) is 58.4 Å². The average Bonchev–Trinajstić information content (AvgIpc) is 3.16. The topological polar surface area (TPSA) is 59.3 Å². The van der Waals surface area contributed by atoms with Crippen molar-refractivity contribution in [3.8, 4) is 11.4 Å². The lowest BCUT2D eigenvalue weighted by molar-refractivity contribution is 0.225. The van der Waals surface area contributed by atoms with E-state index in [2.05, 4.69) is 10.4 Å². The summed E-state index contributed by atoms with van der Waals surface area (Å²) in [5.74, 6) is -0.534. The first-order chi connectivity index (χ1) is 14.9. The molecule has 2 N–H and O–H groups in total. The molecular weight excluding hydrogens is 400 g/mol. The van der Waals surface area contributed by atoms with Crippen molar-refractivity contribution in [2.24, 2.45) is 0 Å². The third-order valence-corrected chi connectivity index (χ3v) is 5.49. The first-order valence-electron chi connectivity index (χ1n) is 10.6. The molecule has 2 aromatic carbocycles. The summed E-state index contributed by atoms with van der Waals surface area (Å²) < 4.78 is 34.7. The Bertz CT molecular complexity index is 1040. The van der Waals surface area contributed by atoms with Crippen LogP contribution in [0.3, 0.4) is 0 Å². The summed E-state index contributed by atoms with van der Waals surface area (Å²) >= 11 is 0. The molecular formula is C24H27F2N3O2. The van der Waals surface area contributed by atoms with E-state index in [9.17, 15) is 13.9 Å². The maximum absolute atomic E-state index is 13.7. The number of aliphatic hydroxyl groups is 1. The Labute approximate surface area is 180 Å². The molecule has 1 heterocycles. The summed E-state index contributed by atoms with van der Waals surface area (Å²) in [6.45, 7) is 4.45. The Hall–Kier alpha value is -2.77. The summed E-state index contributed by atoms with van der Waals surface area (Å²) in [7, 11) is 0. The van der Waals surface area contributed by atoms with E-state index in [0.717, 1.165) is 47.7 Å². The highest BCUT2D eigenvalue weighted by atomic mass is 19.1. The van der Waals surface area contributed by atoms with Gasteiger partial charge in [-0.05, 0) is 62.9 Å². The number of ether oxygens (including phenoxy) is 1. The lowest BCUT2D eigenvalue weighted by atomic mass is 9.92. The van der Waals surface area contributed by atoms with Gasteiger partial charge in [-0.3, -0.25) is 0 Å². The third-order valence-electron chi connectivity index (χ3n) is 5.49. The second-order valence-corrected chi connectivity index (χ2v) is 8.18. The highest BCUT2D eigenvalue weighted by molar-refractivity contribution is 5.39. The third kappa shape index (κ3) is 4.78. The van der Waals surface area contributed by atoms with Crippen molar-refractivity contribution in [3.63, 3.8) is 0 Å². The van der Waals surface area contributed by atoms with Crippen LogP contribution >= 0.6 is 0 Å². The number of benzene rings is 2. The van der Waals surface area contributed by atoms with Crippen molar-refractivity contribution in [3.05, 3.63) is 76.6 Å². The molecule has 0 bridgehead atoms. The van der Waals surface area contributed by atoms with Crippen LogP contribution in [0.15, 0.2) is 42.6 Å². The molecule has 0 saturated carbocycles. The molecule has 1 aliphatic carbocycles. The normalized spacial score (nSPS) is 15.9. The minimum absolute atomic E-state index is 0.0398. The monoisotopic (exact) mass is 427 g/mol. The molecule has 1 aliphatic rings. The highest BCUT2D eigenvalue weighted by Gasteiger charge is 2.25. The largest absolute Gasteiger partial charge is 0.491 e. The second kappa shape index (κ2) is 9.16. The summed E-state index contributed by atoms with van der Waals surface area (Å²) in [5.41, 5.74) is 4.24. The van der Waals surface area contributed by atoms with Gasteiger partial charge < -0.3 is 15.2 Å². The van der Waals surface area contributed by atoms with Crippen LogP contribution in [0.25, 0.3) is 5.69 Å². The molecule has 0 fully saturated rings. The average molecular weight is 427 g/mol. The first kappa shape index (κ1) is 21.5. The van der Waals surface area contributed by atoms with Crippen LogP contribution in [0.1, 0.15) is 55.1 Å². The predicted octanol–water partition coefficient (Wildman–Crippen LogP) is 4.60. The van der Waals surface area contributed by atoms with Gasteiger partial charge in [-0.1, -0.05) is 6.07 Å². The Morgan fingerprint density at radius 3 is 2.68 bits per heavy atom. The van der Waals surface area contributed by atoms with Gasteiger partial charge in [0.05, 0.1) is 24.6 Å². The standard InChI is InChI=1S/C24H27F2N3O2/c1-15(2)31-24-7-6-16(8-17(24)14-30)12-27-22-4-3-5-23-21(22)13-28-29(23)20-10-18(25)9-19(26)11-20/h6-11,13,15,22,27,30H,3-5,12,14H2,1-2H3/t22-/m0/s1. The van der Waals surface area contributed by atoms with Gasteiger partial charge in [-0.15, -0.1) is 0 Å². The van der Waals surface area contributed by atoms with E-state index in [-0.39, 0.29) is 18.8 Å². The highest BCUT2D eigenvalue weighted by Crippen LogP contribution is 2.32. The Kier molecular flexibility index (Phi) is 6.34. The van der Waals surface area contributed by atoms with Crippen molar-refractivity contribution in [2.75, 3.05) is 0 Å². The van der Waals surface area contributed by atoms with E-state index in [1.54, 1.807) is 10.9 Å². The summed E-state index contributed by atoms with van der Waals surface area (Å²) in [6, 6.07) is 9.39. The number of rotatable bonds is 7. The number of hydrogen-bond acceptors (Lipinski definition) is 4. The van der Waals surface area contributed by atoms with E-state index in [0.29, 0.717) is 18.0 Å². The van der Waals surface area contributed by atoms with Crippen LogP contribution in [0.5, 0.6) is 5.75 Å². The molecule has 3 aromatic rings. The van der Waals surface area contributed by atoms with Gasteiger partial charge in [0.1, 0.15) is 17.4 Å². The summed E-state index contributed by atoms with van der Waals surface area (Å²) in [6.07, 6.45) is 4.54. The fraction of sp³-hybridized carbons (Fsp3) is 0.375. The number of halogens is 2. The summed E-state index contributed by atoms with van der Waals surface area (Å²) in [4.78, 5) is 0. The van der Waals surface area contributed by atoms with E-state index in [1.807, 2.05) is 32.0 Å². The molecule has 0 spiro atoms. The zero-order valence-corrected chi connectivity index (χ0v) is 17.7. The number of aliphatic hydroxyl groups excluding tert-OH is 1. The molecule has 0 aliphatic heterocycles. The van der Waals surface area contributed by atoms with Crippen molar-refractivity contribution >= 4 is 0 Å². The fourth-order valence-electron chi connectivity index (χ4n) is 4.13. The Morgan fingerprint density at radius 2 is 1.97 bits per heavy atom. The fourth-order valence-corrected chi connectivity index (χ4v) is 4.13. The minimum atomic E-state index is -0.616. The molecule has 1 aromatic heterocycles. The van der Waals surface area contributed by atoms with Crippen molar-refractivity contribution < 1.29 is 18.6 Å². The predicted molar refractivity (Wildman–Crippen MR) is 114 cm³/mol. The van der Waals surface area contributed by atoms with Crippen LogP contribution in [0, 0.1) is 11.6 Å². The zero-order valence-electron chi connectivity index (χ0n) is 17.7. The Balaban J connectivity index is 1.51. The van der Waals surface area contributed by atoms with Crippen LogP contribution in [0.4, 0.5) is 8.78 Å². The number of nitrogens with zero attached hydrogens (tertiary/aromatic N) is 2. The van der Waals surface area contributed by atoms with Gasteiger partial charge in [0, 0.05) is 35.5 Å². The maximum atomic E-state index is 13.7.